The molecule has 4 nitrogen and oxygen atoms in total. The van der Waals surface area contributed by atoms with Crippen LogP contribution in [0.4, 0.5) is 0 Å². The number of hydrogen-bond acceptors (Lipinski definition) is 4. The Morgan fingerprint density at radius 1 is 1.35 bits per heavy atom. The van der Waals surface area contributed by atoms with Crippen molar-refractivity contribution in [1.29, 1.82) is 0 Å². The van der Waals surface area contributed by atoms with Crippen LogP contribution in [0.15, 0.2) is 18.2 Å². The molecule has 1 aliphatic heterocycles. The molecular weight excluding hydrogens is 216 g/mol. The van der Waals surface area contributed by atoms with Gasteiger partial charge in [0.25, 0.3) is 0 Å². The van der Waals surface area contributed by atoms with E-state index in [1.54, 1.807) is 0 Å². The van der Waals surface area contributed by atoms with Crippen molar-refractivity contribution in [3.8, 4) is 11.5 Å². The normalized spacial score (nSPS) is 16.9. The molecule has 1 aromatic carbocycles. The fourth-order valence-corrected chi connectivity index (χ4v) is 2.32. The maximum Gasteiger partial charge on any atom is 0.231 e. The van der Waals surface area contributed by atoms with E-state index in [1.165, 1.54) is 5.56 Å². The van der Waals surface area contributed by atoms with E-state index in [1.807, 2.05) is 19.2 Å². The summed E-state index contributed by atoms with van der Waals surface area (Å²) < 4.78 is 10.7. The smallest absolute Gasteiger partial charge is 0.231 e. The third-order valence-corrected chi connectivity index (χ3v) is 3.37. The lowest BCUT2D eigenvalue weighted by molar-refractivity contribution is 0.174. The molecule has 94 valence electrons. The SMILES string of the molecule is CCC(CN)C(NC)c1ccc2c(c1)OCO2. The molecule has 0 bridgehead atoms. The minimum absolute atomic E-state index is 0.263. The second-order valence-electron chi connectivity index (χ2n) is 4.28. The maximum atomic E-state index is 5.81. The summed E-state index contributed by atoms with van der Waals surface area (Å²) in [6.07, 6.45) is 1.05. The summed E-state index contributed by atoms with van der Waals surface area (Å²) in [5.74, 6) is 2.08. The van der Waals surface area contributed by atoms with Gasteiger partial charge in [-0.3, -0.25) is 0 Å². The highest BCUT2D eigenvalue weighted by Crippen LogP contribution is 2.35. The zero-order valence-corrected chi connectivity index (χ0v) is 10.4. The van der Waals surface area contributed by atoms with Gasteiger partial charge >= 0.3 is 0 Å². The molecule has 1 aliphatic rings. The minimum atomic E-state index is 0.263. The molecule has 2 atom stereocenters. The fourth-order valence-electron chi connectivity index (χ4n) is 2.32. The predicted octanol–water partition coefficient (Wildman–Crippen LogP) is 1.66. The molecule has 0 saturated carbocycles. The number of fused-ring (bicyclic) bond motifs is 1. The van der Waals surface area contributed by atoms with Gasteiger partial charge in [-0.25, -0.2) is 0 Å². The van der Waals surface area contributed by atoms with Crippen molar-refractivity contribution in [2.24, 2.45) is 11.7 Å². The van der Waals surface area contributed by atoms with Crippen molar-refractivity contribution in [2.45, 2.75) is 19.4 Å². The summed E-state index contributed by atoms with van der Waals surface area (Å²) in [6.45, 7) is 3.16. The van der Waals surface area contributed by atoms with Crippen LogP contribution in [-0.2, 0) is 0 Å². The topological polar surface area (TPSA) is 56.5 Å². The quantitative estimate of drug-likeness (QED) is 0.816. The maximum absolute atomic E-state index is 5.81. The van der Waals surface area contributed by atoms with Gasteiger partial charge in [-0.05, 0) is 37.2 Å². The van der Waals surface area contributed by atoms with Gasteiger partial charge < -0.3 is 20.5 Å². The van der Waals surface area contributed by atoms with E-state index in [9.17, 15) is 0 Å². The van der Waals surface area contributed by atoms with E-state index in [2.05, 4.69) is 18.3 Å². The van der Waals surface area contributed by atoms with Crippen LogP contribution >= 0.6 is 0 Å². The summed E-state index contributed by atoms with van der Waals surface area (Å²) in [6, 6.07) is 6.35. The van der Waals surface area contributed by atoms with Gasteiger partial charge in [0.2, 0.25) is 6.79 Å². The lowest BCUT2D eigenvalue weighted by Crippen LogP contribution is -2.30. The van der Waals surface area contributed by atoms with Crippen LogP contribution in [-0.4, -0.2) is 20.4 Å². The average molecular weight is 236 g/mol. The summed E-state index contributed by atoms with van der Waals surface area (Å²) in [5.41, 5.74) is 7.02. The van der Waals surface area contributed by atoms with Crippen LogP contribution in [0.5, 0.6) is 11.5 Å². The van der Waals surface area contributed by atoms with Crippen molar-refractivity contribution in [3.05, 3.63) is 23.8 Å². The largest absolute Gasteiger partial charge is 0.454 e. The first kappa shape index (κ1) is 12.2. The first-order valence-corrected chi connectivity index (χ1v) is 6.07. The Kier molecular flexibility index (Phi) is 3.86. The third-order valence-electron chi connectivity index (χ3n) is 3.37. The van der Waals surface area contributed by atoms with E-state index >= 15 is 0 Å². The van der Waals surface area contributed by atoms with E-state index in [0.29, 0.717) is 19.3 Å². The highest BCUT2D eigenvalue weighted by molar-refractivity contribution is 5.45. The van der Waals surface area contributed by atoms with E-state index < -0.39 is 0 Å². The van der Waals surface area contributed by atoms with Gasteiger partial charge in [-0.15, -0.1) is 0 Å². The van der Waals surface area contributed by atoms with Crippen molar-refractivity contribution in [1.82, 2.24) is 5.32 Å². The molecule has 17 heavy (non-hydrogen) atoms. The van der Waals surface area contributed by atoms with Crippen LogP contribution in [0.2, 0.25) is 0 Å². The lowest BCUT2D eigenvalue weighted by atomic mass is 9.91. The molecule has 1 heterocycles. The van der Waals surface area contributed by atoms with Crippen molar-refractivity contribution >= 4 is 0 Å². The fraction of sp³-hybridized carbons (Fsp3) is 0.538. The second kappa shape index (κ2) is 5.38. The van der Waals surface area contributed by atoms with Gasteiger partial charge in [-0.2, -0.15) is 0 Å². The number of nitrogens with two attached hydrogens (primary N) is 1. The average Bonchev–Trinajstić information content (AvgIpc) is 2.82. The number of nitrogens with one attached hydrogen (secondary N) is 1. The molecule has 0 aliphatic carbocycles. The Morgan fingerprint density at radius 3 is 2.76 bits per heavy atom. The van der Waals surface area contributed by atoms with Crippen LogP contribution in [0.3, 0.4) is 0 Å². The molecule has 0 spiro atoms. The van der Waals surface area contributed by atoms with Gasteiger partial charge in [0.05, 0.1) is 0 Å². The third kappa shape index (κ3) is 2.37. The Labute approximate surface area is 102 Å². The minimum Gasteiger partial charge on any atom is -0.454 e. The van der Waals surface area contributed by atoms with Gasteiger partial charge in [0, 0.05) is 6.04 Å². The first-order chi connectivity index (χ1) is 8.30. The van der Waals surface area contributed by atoms with E-state index in [0.717, 1.165) is 17.9 Å². The molecule has 0 aromatic heterocycles. The Bertz CT molecular complexity index is 378. The highest BCUT2D eigenvalue weighted by atomic mass is 16.7. The number of rotatable bonds is 5. The van der Waals surface area contributed by atoms with Gasteiger partial charge in [0.15, 0.2) is 11.5 Å². The van der Waals surface area contributed by atoms with Crippen molar-refractivity contribution < 1.29 is 9.47 Å². The Hall–Kier alpha value is -1.26. The lowest BCUT2D eigenvalue weighted by Gasteiger charge is -2.25. The van der Waals surface area contributed by atoms with Crippen LogP contribution < -0.4 is 20.5 Å². The van der Waals surface area contributed by atoms with Crippen molar-refractivity contribution in [3.63, 3.8) is 0 Å². The molecule has 2 unspecified atom stereocenters. The zero-order valence-electron chi connectivity index (χ0n) is 10.4. The molecule has 0 fully saturated rings. The van der Waals surface area contributed by atoms with Crippen LogP contribution in [0.25, 0.3) is 0 Å². The molecule has 2 rings (SSSR count). The summed E-state index contributed by atoms with van der Waals surface area (Å²) in [4.78, 5) is 0. The molecule has 0 amide bonds. The first-order valence-electron chi connectivity index (χ1n) is 6.07. The summed E-state index contributed by atoms with van der Waals surface area (Å²) in [5, 5.41) is 3.34. The number of hydrogen-bond donors (Lipinski definition) is 2. The molecule has 3 N–H and O–H groups in total. The zero-order chi connectivity index (χ0) is 12.3. The van der Waals surface area contributed by atoms with Crippen LogP contribution in [0.1, 0.15) is 24.9 Å². The van der Waals surface area contributed by atoms with E-state index in [-0.39, 0.29) is 6.04 Å². The molecule has 0 saturated heterocycles. The summed E-state index contributed by atoms with van der Waals surface area (Å²) >= 11 is 0. The molecule has 1 aromatic rings. The van der Waals surface area contributed by atoms with Gasteiger partial charge in [0.1, 0.15) is 0 Å². The predicted molar refractivity (Wildman–Crippen MR) is 67.2 cm³/mol. The van der Waals surface area contributed by atoms with Gasteiger partial charge in [-0.1, -0.05) is 19.4 Å². The molecule has 4 heteroatoms. The highest BCUT2D eigenvalue weighted by Gasteiger charge is 2.22. The van der Waals surface area contributed by atoms with E-state index in [4.69, 9.17) is 15.2 Å². The standard InChI is InChI=1S/C13H20N2O2/c1-3-9(7-14)13(15-2)10-4-5-11-12(6-10)17-8-16-11/h4-6,9,13,15H,3,7-8,14H2,1-2H3. The second-order valence-corrected chi connectivity index (χ2v) is 4.28. The van der Waals surface area contributed by atoms with Crippen molar-refractivity contribution in [2.75, 3.05) is 20.4 Å². The number of ether oxygens (including phenoxy) is 2. The molecule has 0 radical (unpaired) electrons. The Balaban J connectivity index is 2.25. The monoisotopic (exact) mass is 236 g/mol. The Morgan fingerprint density at radius 2 is 2.12 bits per heavy atom. The van der Waals surface area contributed by atoms with Crippen LogP contribution in [0, 0.1) is 5.92 Å². The molecular formula is C13H20N2O2. The number of benzene rings is 1. The summed E-state index contributed by atoms with van der Waals surface area (Å²) in [7, 11) is 1.97.